The smallest absolute Gasteiger partial charge is 0.462 e. The van der Waals surface area contributed by atoms with E-state index in [9.17, 15) is 43.2 Å². The molecule has 0 aromatic rings. The number of hydrogen-bond acceptors (Lipinski definition) is 15. The first-order valence-corrected chi connectivity index (χ1v) is 47.5. The van der Waals surface area contributed by atoms with Crippen LogP contribution >= 0.6 is 15.6 Å². The Morgan fingerprint density at radius 3 is 0.724 bits per heavy atom. The number of aliphatic hydroxyl groups is 1. The molecule has 0 aliphatic heterocycles. The molecule has 0 fully saturated rings. The predicted octanol–water partition coefficient (Wildman–Crippen LogP) is 26.2. The van der Waals surface area contributed by atoms with Crippen LogP contribution in [0.3, 0.4) is 0 Å². The number of aliphatic hydroxyl groups excluding tert-OH is 1. The molecule has 624 valence electrons. The summed E-state index contributed by atoms with van der Waals surface area (Å²) in [6.45, 7) is 9.63. The van der Waals surface area contributed by atoms with Gasteiger partial charge in [-0.15, -0.1) is 0 Å². The minimum atomic E-state index is -4.97. The number of phosphoric ester groups is 2. The Hall–Kier alpha value is -1.94. The van der Waals surface area contributed by atoms with Crippen molar-refractivity contribution in [1.82, 2.24) is 0 Å². The van der Waals surface area contributed by atoms with Crippen molar-refractivity contribution in [2.75, 3.05) is 39.6 Å². The van der Waals surface area contributed by atoms with Crippen molar-refractivity contribution in [2.45, 2.75) is 477 Å². The molecule has 19 heteroatoms. The first-order valence-electron chi connectivity index (χ1n) is 44.5. The summed E-state index contributed by atoms with van der Waals surface area (Å²) in [4.78, 5) is 73.2. The summed E-state index contributed by atoms with van der Waals surface area (Å²) in [7, 11) is -9.93. The predicted molar refractivity (Wildman–Crippen MR) is 432 cm³/mol. The van der Waals surface area contributed by atoms with Crippen LogP contribution in [0.1, 0.15) is 459 Å². The molecule has 3 N–H and O–H groups in total. The van der Waals surface area contributed by atoms with Gasteiger partial charge in [-0.05, 0) is 37.5 Å². The van der Waals surface area contributed by atoms with E-state index in [4.69, 9.17) is 37.0 Å². The van der Waals surface area contributed by atoms with Crippen molar-refractivity contribution in [3.8, 4) is 0 Å². The van der Waals surface area contributed by atoms with Crippen LogP contribution in [0.2, 0.25) is 0 Å². The third kappa shape index (κ3) is 78.5. The maximum Gasteiger partial charge on any atom is 0.472 e. The van der Waals surface area contributed by atoms with E-state index in [2.05, 4.69) is 41.5 Å². The average Bonchev–Trinajstić information content (AvgIpc) is 0.916. The molecule has 105 heavy (non-hydrogen) atoms. The van der Waals surface area contributed by atoms with Crippen LogP contribution in [0.4, 0.5) is 0 Å². The van der Waals surface area contributed by atoms with Gasteiger partial charge in [0.25, 0.3) is 0 Å². The van der Waals surface area contributed by atoms with E-state index >= 15 is 0 Å². The van der Waals surface area contributed by atoms with E-state index < -0.39 is 97.5 Å². The second-order valence-electron chi connectivity index (χ2n) is 31.6. The third-order valence-corrected chi connectivity index (χ3v) is 22.5. The number of rotatable bonds is 85. The largest absolute Gasteiger partial charge is 0.472 e. The van der Waals surface area contributed by atoms with Crippen LogP contribution < -0.4 is 0 Å². The topological polar surface area (TPSA) is 237 Å². The van der Waals surface area contributed by atoms with E-state index in [1.54, 1.807) is 0 Å². The SMILES string of the molecule is CCCCCCCCCCCCCCCCCCCCCCCCC(=O)O[C@H](COC(=O)CCCCCCCCCCCCCCCCCCCCC)COP(=O)(O)OC[C@@H](O)COP(=O)(O)OC[C@@H](COC(=O)CCCCCCCCCC(C)C)OC(=O)CCCCCCCCCCCCC(C)CC. The molecule has 0 radical (unpaired) electrons. The Bertz CT molecular complexity index is 2010. The monoisotopic (exact) mass is 1540 g/mol. The standard InChI is InChI=1S/C86H168O17P2/c1-7-10-12-14-16-18-20-22-24-26-28-29-30-32-34-36-38-40-45-51-58-64-70-85(90)102-81(74-96-83(88)68-62-56-50-44-39-37-35-33-31-27-25-23-21-19-17-15-13-11-8-2)76-100-104(92,93)98-72-80(87)73-99-105(94,95)101-77-82(75-97-84(89)69-63-57-53-47-48-54-60-66-78(4)5)103-86(91)71-65-59-52-46-42-41-43-49-55-61-67-79(6)9-3/h78-82,87H,7-77H2,1-6H3,(H,92,93)(H,94,95)/t79?,80-,81-,82-/m1/s1. The third-order valence-electron chi connectivity index (χ3n) is 20.6. The lowest BCUT2D eigenvalue weighted by Crippen LogP contribution is -2.30. The quantitative estimate of drug-likeness (QED) is 0.0222. The van der Waals surface area contributed by atoms with Crippen molar-refractivity contribution in [3.63, 3.8) is 0 Å². The fourth-order valence-electron chi connectivity index (χ4n) is 13.4. The number of ether oxygens (including phenoxy) is 4. The van der Waals surface area contributed by atoms with Crippen LogP contribution in [-0.4, -0.2) is 96.7 Å². The molecule has 0 saturated carbocycles. The molecular weight excluding hydrogens is 1370 g/mol. The zero-order chi connectivity index (χ0) is 77.1. The van der Waals surface area contributed by atoms with Gasteiger partial charge in [-0.2, -0.15) is 0 Å². The maximum absolute atomic E-state index is 13.1. The molecule has 0 aromatic carbocycles. The van der Waals surface area contributed by atoms with Crippen LogP contribution in [0.25, 0.3) is 0 Å². The van der Waals surface area contributed by atoms with Crippen molar-refractivity contribution in [3.05, 3.63) is 0 Å². The van der Waals surface area contributed by atoms with Crippen LogP contribution in [0.5, 0.6) is 0 Å². The van der Waals surface area contributed by atoms with Crippen molar-refractivity contribution < 1.29 is 80.2 Å². The molecule has 0 rings (SSSR count). The minimum absolute atomic E-state index is 0.106. The lowest BCUT2D eigenvalue weighted by atomic mass is 9.99. The molecule has 0 heterocycles. The van der Waals surface area contributed by atoms with Gasteiger partial charge in [0.15, 0.2) is 12.2 Å². The number of carbonyl (C=O) groups is 4. The number of phosphoric acid groups is 2. The molecule has 0 bridgehead atoms. The highest BCUT2D eigenvalue weighted by Crippen LogP contribution is 2.45. The highest BCUT2D eigenvalue weighted by molar-refractivity contribution is 7.47. The summed E-state index contributed by atoms with van der Waals surface area (Å²) in [5.41, 5.74) is 0. The van der Waals surface area contributed by atoms with E-state index in [-0.39, 0.29) is 25.7 Å². The molecule has 17 nitrogen and oxygen atoms in total. The van der Waals surface area contributed by atoms with Gasteiger partial charge in [-0.25, -0.2) is 9.13 Å². The molecule has 0 aliphatic carbocycles. The van der Waals surface area contributed by atoms with Crippen LogP contribution in [0, 0.1) is 11.8 Å². The van der Waals surface area contributed by atoms with E-state index in [0.717, 1.165) is 102 Å². The lowest BCUT2D eigenvalue weighted by Gasteiger charge is -2.21. The maximum atomic E-state index is 13.1. The molecule has 6 atom stereocenters. The number of unbranched alkanes of at least 4 members (excludes halogenated alkanes) is 54. The van der Waals surface area contributed by atoms with Crippen LogP contribution in [0.15, 0.2) is 0 Å². The molecule has 0 aliphatic rings. The molecule has 0 aromatic heterocycles. The first-order chi connectivity index (χ1) is 50.9. The summed E-state index contributed by atoms with van der Waals surface area (Å²) in [6, 6.07) is 0. The Morgan fingerprint density at radius 2 is 0.486 bits per heavy atom. The Morgan fingerprint density at radius 1 is 0.276 bits per heavy atom. The van der Waals surface area contributed by atoms with Gasteiger partial charge in [0.05, 0.1) is 26.4 Å². The fraction of sp³-hybridized carbons (Fsp3) is 0.953. The normalized spacial score (nSPS) is 14.1. The first kappa shape index (κ1) is 103. The average molecular weight is 1540 g/mol. The van der Waals surface area contributed by atoms with Crippen molar-refractivity contribution in [2.24, 2.45) is 11.8 Å². The highest BCUT2D eigenvalue weighted by atomic mass is 31.2. The number of carbonyl (C=O) groups excluding carboxylic acids is 4. The molecular formula is C86H168O17P2. The summed E-state index contributed by atoms with van der Waals surface area (Å²) in [5.74, 6) is -0.598. The Kier molecular flexibility index (Phi) is 76.0. The minimum Gasteiger partial charge on any atom is -0.462 e. The van der Waals surface area contributed by atoms with Crippen molar-refractivity contribution in [1.29, 1.82) is 0 Å². The van der Waals surface area contributed by atoms with Gasteiger partial charge in [-0.3, -0.25) is 37.3 Å². The van der Waals surface area contributed by atoms with Gasteiger partial charge in [0.1, 0.15) is 19.3 Å². The zero-order valence-corrected chi connectivity index (χ0v) is 70.8. The number of esters is 4. The molecule has 0 saturated heterocycles. The Balaban J connectivity index is 5.21. The number of hydrogen-bond donors (Lipinski definition) is 3. The zero-order valence-electron chi connectivity index (χ0n) is 69.0. The molecule has 0 amide bonds. The summed E-state index contributed by atoms with van der Waals surface area (Å²) < 4.78 is 68.9. The summed E-state index contributed by atoms with van der Waals surface area (Å²) in [5, 5.41) is 10.7. The Labute approximate surface area is 645 Å². The van der Waals surface area contributed by atoms with Crippen molar-refractivity contribution >= 4 is 39.5 Å². The van der Waals surface area contributed by atoms with Gasteiger partial charge in [0, 0.05) is 25.7 Å². The molecule has 3 unspecified atom stereocenters. The van der Waals surface area contributed by atoms with Gasteiger partial charge in [-0.1, -0.05) is 408 Å². The highest BCUT2D eigenvalue weighted by Gasteiger charge is 2.30. The van der Waals surface area contributed by atoms with Gasteiger partial charge in [0.2, 0.25) is 0 Å². The second-order valence-corrected chi connectivity index (χ2v) is 34.6. The second kappa shape index (κ2) is 77.4. The lowest BCUT2D eigenvalue weighted by molar-refractivity contribution is -0.161. The van der Waals surface area contributed by atoms with E-state index in [1.807, 2.05) is 0 Å². The fourth-order valence-corrected chi connectivity index (χ4v) is 15.0. The summed E-state index contributed by atoms with van der Waals surface area (Å²) in [6.07, 6.45) is 69.6. The van der Waals surface area contributed by atoms with Gasteiger partial charge >= 0.3 is 39.5 Å². The van der Waals surface area contributed by atoms with E-state index in [1.165, 1.54) is 270 Å². The van der Waals surface area contributed by atoms with Crippen LogP contribution in [-0.2, 0) is 65.4 Å². The van der Waals surface area contributed by atoms with E-state index in [0.29, 0.717) is 31.6 Å². The summed E-state index contributed by atoms with van der Waals surface area (Å²) >= 11 is 0. The molecule has 0 spiro atoms. The van der Waals surface area contributed by atoms with Gasteiger partial charge < -0.3 is 33.8 Å².